The highest BCUT2D eigenvalue weighted by atomic mass is 15.3. The molecule has 0 saturated carbocycles. The molecule has 2 saturated heterocycles. The van der Waals surface area contributed by atoms with E-state index in [1.165, 1.54) is 32.4 Å². The van der Waals surface area contributed by atoms with Crippen LogP contribution in [0.5, 0.6) is 0 Å². The van der Waals surface area contributed by atoms with Crippen LogP contribution in [-0.2, 0) is 0 Å². The van der Waals surface area contributed by atoms with Crippen LogP contribution < -0.4 is 5.32 Å². The molecule has 2 aliphatic heterocycles. The maximum Gasteiger partial charge on any atom is 0.203 e. The summed E-state index contributed by atoms with van der Waals surface area (Å²) in [5.41, 5.74) is 0. The maximum atomic E-state index is 4.45. The zero-order valence-electron chi connectivity index (χ0n) is 10.8. The lowest BCUT2D eigenvalue weighted by Crippen LogP contribution is -2.28. The van der Waals surface area contributed by atoms with Gasteiger partial charge in [0.1, 0.15) is 0 Å². The van der Waals surface area contributed by atoms with E-state index < -0.39 is 0 Å². The zero-order chi connectivity index (χ0) is 11.8. The quantitative estimate of drug-likeness (QED) is 0.869. The van der Waals surface area contributed by atoms with Crippen molar-refractivity contribution in [2.45, 2.75) is 51.2 Å². The van der Waals surface area contributed by atoms with Gasteiger partial charge in [0, 0.05) is 31.0 Å². The van der Waals surface area contributed by atoms with Crippen molar-refractivity contribution in [3.05, 3.63) is 12.4 Å². The van der Waals surface area contributed by atoms with Gasteiger partial charge in [-0.05, 0) is 39.7 Å². The minimum Gasteiger partial charge on any atom is -0.353 e. The topological polar surface area (TPSA) is 33.1 Å². The third-order valence-electron chi connectivity index (χ3n) is 4.01. The normalized spacial score (nSPS) is 28.9. The van der Waals surface area contributed by atoms with Crippen LogP contribution in [-0.4, -0.2) is 39.6 Å². The number of nitrogens with one attached hydrogen (secondary N) is 1. The predicted molar refractivity (Wildman–Crippen MR) is 69.2 cm³/mol. The van der Waals surface area contributed by atoms with Crippen molar-refractivity contribution in [2.75, 3.05) is 18.4 Å². The van der Waals surface area contributed by atoms with Crippen molar-refractivity contribution < 1.29 is 0 Å². The fraction of sp³-hybridized carbons (Fsp3) is 0.769. The highest BCUT2D eigenvalue weighted by molar-refractivity contribution is 5.28. The molecule has 4 nitrogen and oxygen atoms in total. The van der Waals surface area contributed by atoms with Crippen LogP contribution in [0.4, 0.5) is 5.95 Å². The van der Waals surface area contributed by atoms with Gasteiger partial charge in [0.15, 0.2) is 0 Å². The molecule has 4 heteroatoms. The van der Waals surface area contributed by atoms with Gasteiger partial charge in [0.25, 0.3) is 0 Å². The Morgan fingerprint density at radius 1 is 1.29 bits per heavy atom. The van der Waals surface area contributed by atoms with Crippen LogP contribution in [0.25, 0.3) is 0 Å². The minimum absolute atomic E-state index is 0.442. The lowest BCUT2D eigenvalue weighted by Gasteiger charge is -2.23. The largest absolute Gasteiger partial charge is 0.353 e. The molecule has 2 fully saturated rings. The number of fused-ring (bicyclic) bond motifs is 1. The second kappa shape index (κ2) is 4.33. The molecule has 2 atom stereocenters. The summed E-state index contributed by atoms with van der Waals surface area (Å²) in [5.74, 6) is 1.04. The van der Waals surface area contributed by atoms with E-state index >= 15 is 0 Å². The molecule has 0 bridgehead atoms. The number of rotatable bonds is 3. The molecule has 1 aromatic rings. The Hall–Kier alpha value is -1.03. The molecule has 3 rings (SSSR count). The number of aromatic nitrogens is 2. The second-order valence-corrected chi connectivity index (χ2v) is 5.56. The third-order valence-corrected chi connectivity index (χ3v) is 4.01. The van der Waals surface area contributed by atoms with Crippen LogP contribution >= 0.6 is 0 Å². The van der Waals surface area contributed by atoms with E-state index in [2.05, 4.69) is 39.8 Å². The van der Waals surface area contributed by atoms with Gasteiger partial charge in [0.2, 0.25) is 5.95 Å². The lowest BCUT2D eigenvalue weighted by atomic mass is 10.1. The van der Waals surface area contributed by atoms with Gasteiger partial charge in [-0.25, -0.2) is 4.98 Å². The Balaban J connectivity index is 1.81. The summed E-state index contributed by atoms with van der Waals surface area (Å²) in [5, 5.41) is 3.44. The second-order valence-electron chi connectivity index (χ2n) is 5.56. The molecule has 0 aromatic carbocycles. The fourth-order valence-corrected chi connectivity index (χ4v) is 3.33. The Morgan fingerprint density at radius 3 is 3.00 bits per heavy atom. The summed E-state index contributed by atoms with van der Waals surface area (Å²) in [6.45, 7) is 6.88. The molecule has 0 spiro atoms. The summed E-state index contributed by atoms with van der Waals surface area (Å²) in [4.78, 5) is 7.09. The highest BCUT2D eigenvalue weighted by Crippen LogP contribution is 2.37. The molecular formula is C13H22N4. The molecular weight excluding hydrogens is 212 g/mol. The van der Waals surface area contributed by atoms with E-state index in [9.17, 15) is 0 Å². The third kappa shape index (κ3) is 1.95. The minimum atomic E-state index is 0.442. The Kier molecular flexibility index (Phi) is 2.82. The molecule has 1 aromatic heterocycles. The first-order valence-electron chi connectivity index (χ1n) is 6.79. The molecule has 0 amide bonds. The number of imidazole rings is 1. The van der Waals surface area contributed by atoms with E-state index in [0.717, 1.165) is 12.0 Å². The van der Waals surface area contributed by atoms with Crippen LogP contribution in [0.15, 0.2) is 12.4 Å². The first kappa shape index (κ1) is 11.1. The average molecular weight is 234 g/mol. The van der Waals surface area contributed by atoms with Crippen LogP contribution in [0.1, 0.15) is 39.2 Å². The summed E-state index contributed by atoms with van der Waals surface area (Å²) in [7, 11) is 0. The van der Waals surface area contributed by atoms with Crippen molar-refractivity contribution in [1.29, 1.82) is 0 Å². The SMILES string of the molecule is CC(C)Nc1nccn1C1CCN2CCCC12. The average Bonchev–Trinajstić information content (AvgIpc) is 2.90. The first-order valence-corrected chi connectivity index (χ1v) is 6.79. The van der Waals surface area contributed by atoms with Gasteiger partial charge >= 0.3 is 0 Å². The molecule has 0 aliphatic carbocycles. The zero-order valence-corrected chi connectivity index (χ0v) is 10.8. The van der Waals surface area contributed by atoms with E-state index in [4.69, 9.17) is 0 Å². The highest BCUT2D eigenvalue weighted by Gasteiger charge is 2.38. The van der Waals surface area contributed by atoms with Gasteiger partial charge in [-0.3, -0.25) is 4.90 Å². The Labute approximate surface area is 103 Å². The molecule has 3 heterocycles. The van der Waals surface area contributed by atoms with Gasteiger partial charge < -0.3 is 9.88 Å². The van der Waals surface area contributed by atoms with Crippen molar-refractivity contribution in [3.63, 3.8) is 0 Å². The van der Waals surface area contributed by atoms with Crippen molar-refractivity contribution >= 4 is 5.95 Å². The molecule has 17 heavy (non-hydrogen) atoms. The molecule has 0 radical (unpaired) electrons. The van der Waals surface area contributed by atoms with Gasteiger partial charge in [-0.2, -0.15) is 0 Å². The summed E-state index contributed by atoms with van der Waals surface area (Å²) >= 11 is 0. The van der Waals surface area contributed by atoms with Crippen LogP contribution in [0, 0.1) is 0 Å². The smallest absolute Gasteiger partial charge is 0.203 e. The Morgan fingerprint density at radius 2 is 2.18 bits per heavy atom. The number of anilines is 1. The van der Waals surface area contributed by atoms with E-state index in [1.54, 1.807) is 0 Å². The molecule has 1 N–H and O–H groups in total. The number of nitrogens with zero attached hydrogens (tertiary/aromatic N) is 3. The standard InChI is InChI=1S/C13H22N4/c1-10(2)15-13-14-6-9-17(13)12-5-8-16-7-3-4-11(12)16/h6,9-12H,3-5,7-8H2,1-2H3,(H,14,15). The van der Waals surface area contributed by atoms with Crippen molar-refractivity contribution in [3.8, 4) is 0 Å². The Bertz CT molecular complexity index is 385. The van der Waals surface area contributed by atoms with Gasteiger partial charge in [0.05, 0.1) is 6.04 Å². The van der Waals surface area contributed by atoms with Crippen LogP contribution in [0.2, 0.25) is 0 Å². The number of hydrogen-bond acceptors (Lipinski definition) is 3. The fourth-order valence-electron chi connectivity index (χ4n) is 3.33. The van der Waals surface area contributed by atoms with Crippen molar-refractivity contribution in [1.82, 2.24) is 14.5 Å². The van der Waals surface area contributed by atoms with E-state index in [1.807, 2.05) is 6.20 Å². The molecule has 2 unspecified atom stereocenters. The van der Waals surface area contributed by atoms with Gasteiger partial charge in [-0.15, -0.1) is 0 Å². The number of hydrogen-bond donors (Lipinski definition) is 1. The summed E-state index contributed by atoms with van der Waals surface area (Å²) in [6, 6.07) is 1.82. The maximum absolute atomic E-state index is 4.45. The monoisotopic (exact) mass is 234 g/mol. The summed E-state index contributed by atoms with van der Waals surface area (Å²) < 4.78 is 2.36. The van der Waals surface area contributed by atoms with Crippen molar-refractivity contribution in [2.24, 2.45) is 0 Å². The molecule has 94 valence electrons. The van der Waals surface area contributed by atoms with Crippen LogP contribution in [0.3, 0.4) is 0 Å². The molecule has 2 aliphatic rings. The lowest BCUT2D eigenvalue weighted by molar-refractivity contribution is 0.291. The van der Waals surface area contributed by atoms with Gasteiger partial charge in [-0.1, -0.05) is 0 Å². The van der Waals surface area contributed by atoms with E-state index in [0.29, 0.717) is 12.1 Å². The summed E-state index contributed by atoms with van der Waals surface area (Å²) in [6.07, 6.45) is 8.04. The predicted octanol–water partition coefficient (Wildman–Crippen LogP) is 2.11. The first-order chi connectivity index (χ1) is 8.25. The van der Waals surface area contributed by atoms with E-state index in [-0.39, 0.29) is 0 Å².